The first kappa shape index (κ1) is 17.6. The number of carbonyl (C=O) groups excluding carboxylic acids is 1. The molecule has 5 nitrogen and oxygen atoms in total. The Morgan fingerprint density at radius 1 is 1.00 bits per heavy atom. The number of carbonyl (C=O) groups is 1. The summed E-state index contributed by atoms with van der Waals surface area (Å²) >= 11 is 0. The zero-order chi connectivity index (χ0) is 20.0. The van der Waals surface area contributed by atoms with E-state index < -0.39 is 0 Å². The van der Waals surface area contributed by atoms with Gasteiger partial charge in [-0.25, -0.2) is 0 Å². The SMILES string of the molecule is Cc1cccc(N[C@@H]2c3ccccc3C(=O)N2Cc2ccc3c(c2)OCO3)c1C. The molecule has 0 aliphatic carbocycles. The van der Waals surface area contributed by atoms with Crippen molar-refractivity contribution < 1.29 is 14.3 Å². The molecule has 0 saturated heterocycles. The largest absolute Gasteiger partial charge is 0.454 e. The van der Waals surface area contributed by atoms with E-state index in [-0.39, 0.29) is 18.9 Å². The number of nitrogens with one attached hydrogen (secondary N) is 1. The highest BCUT2D eigenvalue weighted by Crippen LogP contribution is 2.38. The van der Waals surface area contributed by atoms with Crippen molar-refractivity contribution in [2.45, 2.75) is 26.6 Å². The fourth-order valence-electron chi connectivity index (χ4n) is 3.98. The molecular weight excluding hydrogens is 364 g/mol. The number of amides is 1. The molecule has 0 spiro atoms. The second-order valence-electron chi connectivity index (χ2n) is 7.50. The van der Waals surface area contributed by atoms with E-state index in [9.17, 15) is 4.79 Å². The maximum atomic E-state index is 13.2. The van der Waals surface area contributed by atoms with Gasteiger partial charge in [-0.15, -0.1) is 0 Å². The third-order valence-corrected chi connectivity index (χ3v) is 5.75. The number of hydrogen-bond acceptors (Lipinski definition) is 4. The summed E-state index contributed by atoms with van der Waals surface area (Å²) in [6.07, 6.45) is -0.232. The lowest BCUT2D eigenvalue weighted by atomic mass is 10.1. The molecule has 146 valence electrons. The van der Waals surface area contributed by atoms with E-state index in [1.54, 1.807) is 0 Å². The van der Waals surface area contributed by atoms with Crippen molar-refractivity contribution in [1.82, 2.24) is 4.90 Å². The molecule has 3 aromatic carbocycles. The number of hydrogen-bond donors (Lipinski definition) is 1. The Labute approximate surface area is 169 Å². The number of aryl methyl sites for hydroxylation is 1. The van der Waals surface area contributed by atoms with Crippen LogP contribution in [0, 0.1) is 13.8 Å². The molecule has 5 heteroatoms. The molecule has 2 aliphatic rings. The summed E-state index contributed by atoms with van der Waals surface area (Å²) in [6.45, 7) is 4.91. The number of fused-ring (bicyclic) bond motifs is 2. The zero-order valence-electron chi connectivity index (χ0n) is 16.4. The molecule has 2 heterocycles. The van der Waals surface area contributed by atoms with Gasteiger partial charge in [0.1, 0.15) is 6.17 Å². The van der Waals surface area contributed by atoms with E-state index in [1.807, 2.05) is 53.4 Å². The van der Waals surface area contributed by atoms with Gasteiger partial charge in [0.25, 0.3) is 5.91 Å². The van der Waals surface area contributed by atoms with Crippen molar-refractivity contribution in [2.75, 3.05) is 12.1 Å². The minimum Gasteiger partial charge on any atom is -0.454 e. The highest BCUT2D eigenvalue weighted by Gasteiger charge is 2.36. The van der Waals surface area contributed by atoms with Crippen molar-refractivity contribution in [3.8, 4) is 11.5 Å². The van der Waals surface area contributed by atoms with Crippen LogP contribution >= 0.6 is 0 Å². The third kappa shape index (κ3) is 2.99. The number of ether oxygens (including phenoxy) is 2. The van der Waals surface area contributed by atoms with Crippen LogP contribution in [0.1, 0.15) is 38.8 Å². The first-order chi connectivity index (χ1) is 14.1. The predicted molar refractivity (Wildman–Crippen MR) is 111 cm³/mol. The maximum absolute atomic E-state index is 13.2. The molecule has 5 rings (SSSR count). The van der Waals surface area contributed by atoms with Crippen LogP contribution in [0.5, 0.6) is 11.5 Å². The Bertz CT molecular complexity index is 1110. The Morgan fingerprint density at radius 2 is 1.83 bits per heavy atom. The molecule has 3 aromatic rings. The second-order valence-corrected chi connectivity index (χ2v) is 7.50. The van der Waals surface area contributed by atoms with Gasteiger partial charge in [-0.05, 0) is 54.8 Å². The summed E-state index contributed by atoms with van der Waals surface area (Å²) in [6, 6.07) is 19.8. The van der Waals surface area contributed by atoms with Crippen molar-refractivity contribution >= 4 is 11.6 Å². The zero-order valence-corrected chi connectivity index (χ0v) is 16.4. The lowest BCUT2D eigenvalue weighted by molar-refractivity contribution is 0.0728. The average Bonchev–Trinajstić information content (AvgIpc) is 3.30. The quantitative estimate of drug-likeness (QED) is 0.700. The van der Waals surface area contributed by atoms with Crippen LogP contribution in [0.4, 0.5) is 5.69 Å². The first-order valence-electron chi connectivity index (χ1n) is 9.73. The average molecular weight is 386 g/mol. The standard InChI is InChI=1S/C24H22N2O3/c1-15-6-5-9-20(16(15)2)25-23-18-7-3-4-8-19(18)24(27)26(23)13-17-10-11-21-22(12-17)29-14-28-21/h3-12,23,25H,13-14H2,1-2H3/t23-/m0/s1. The molecule has 29 heavy (non-hydrogen) atoms. The Balaban J connectivity index is 1.50. The van der Waals surface area contributed by atoms with Crippen LogP contribution in [-0.2, 0) is 6.54 Å². The van der Waals surface area contributed by atoms with E-state index in [1.165, 1.54) is 11.1 Å². The summed E-state index contributed by atoms with van der Waals surface area (Å²) < 4.78 is 10.9. The van der Waals surface area contributed by atoms with Gasteiger partial charge in [-0.1, -0.05) is 36.4 Å². The van der Waals surface area contributed by atoms with E-state index in [0.29, 0.717) is 6.54 Å². The molecule has 0 bridgehead atoms. The summed E-state index contributed by atoms with van der Waals surface area (Å²) in [4.78, 5) is 15.1. The molecule has 1 atom stereocenters. The van der Waals surface area contributed by atoms with Crippen molar-refractivity contribution in [3.05, 3.63) is 88.5 Å². The van der Waals surface area contributed by atoms with E-state index in [2.05, 4.69) is 31.3 Å². The molecule has 0 radical (unpaired) electrons. The Hall–Kier alpha value is -3.47. The number of rotatable bonds is 4. The van der Waals surface area contributed by atoms with Crippen molar-refractivity contribution in [1.29, 1.82) is 0 Å². The normalized spacial score (nSPS) is 16.8. The maximum Gasteiger partial charge on any atom is 0.256 e. The number of benzene rings is 3. The fourth-order valence-corrected chi connectivity index (χ4v) is 3.98. The molecule has 1 amide bonds. The van der Waals surface area contributed by atoms with Crippen LogP contribution in [0.3, 0.4) is 0 Å². The minimum absolute atomic E-state index is 0.0288. The molecule has 0 unspecified atom stereocenters. The first-order valence-corrected chi connectivity index (χ1v) is 9.73. The van der Waals surface area contributed by atoms with Crippen LogP contribution in [0.2, 0.25) is 0 Å². The van der Waals surface area contributed by atoms with Crippen molar-refractivity contribution in [2.24, 2.45) is 0 Å². The second kappa shape index (κ2) is 6.85. The topological polar surface area (TPSA) is 50.8 Å². The van der Waals surface area contributed by atoms with Gasteiger partial charge in [0.2, 0.25) is 6.79 Å². The van der Waals surface area contributed by atoms with Crippen molar-refractivity contribution in [3.63, 3.8) is 0 Å². The molecular formula is C24H22N2O3. The lowest BCUT2D eigenvalue weighted by Crippen LogP contribution is -2.32. The van der Waals surface area contributed by atoms with Gasteiger partial charge in [-0.2, -0.15) is 0 Å². The van der Waals surface area contributed by atoms with Gasteiger partial charge in [0.05, 0.1) is 0 Å². The predicted octanol–water partition coefficient (Wildman–Crippen LogP) is 4.80. The summed E-state index contributed by atoms with van der Waals surface area (Å²) in [5.74, 6) is 1.50. The highest BCUT2D eigenvalue weighted by atomic mass is 16.7. The fraction of sp³-hybridized carbons (Fsp3) is 0.208. The Kier molecular flexibility index (Phi) is 4.16. The molecule has 1 N–H and O–H groups in total. The molecule has 0 saturated carbocycles. The molecule has 0 fully saturated rings. The number of nitrogens with zero attached hydrogens (tertiary/aromatic N) is 1. The van der Waals surface area contributed by atoms with Gasteiger partial charge < -0.3 is 19.7 Å². The van der Waals surface area contributed by atoms with E-state index in [4.69, 9.17) is 9.47 Å². The van der Waals surface area contributed by atoms with Gasteiger partial charge in [0.15, 0.2) is 11.5 Å². The smallest absolute Gasteiger partial charge is 0.256 e. The van der Waals surface area contributed by atoms with Crippen LogP contribution < -0.4 is 14.8 Å². The summed E-state index contributed by atoms with van der Waals surface area (Å²) in [5.41, 5.74) is 6.19. The lowest BCUT2D eigenvalue weighted by Gasteiger charge is -2.28. The minimum atomic E-state index is -0.232. The van der Waals surface area contributed by atoms with Crippen LogP contribution in [0.15, 0.2) is 60.7 Å². The van der Waals surface area contributed by atoms with Gasteiger partial charge >= 0.3 is 0 Å². The van der Waals surface area contributed by atoms with Crippen LogP contribution in [-0.4, -0.2) is 17.6 Å². The number of anilines is 1. The molecule has 0 aromatic heterocycles. The summed E-state index contributed by atoms with van der Waals surface area (Å²) in [5, 5.41) is 3.61. The molecule has 2 aliphatic heterocycles. The van der Waals surface area contributed by atoms with E-state index in [0.717, 1.165) is 33.9 Å². The Morgan fingerprint density at radius 3 is 2.72 bits per heavy atom. The summed E-state index contributed by atoms with van der Waals surface area (Å²) in [7, 11) is 0. The monoisotopic (exact) mass is 386 g/mol. The highest BCUT2D eigenvalue weighted by molar-refractivity contribution is 5.99. The third-order valence-electron chi connectivity index (χ3n) is 5.75. The van der Waals surface area contributed by atoms with Gasteiger partial charge in [0, 0.05) is 23.4 Å². The van der Waals surface area contributed by atoms with Gasteiger partial charge in [-0.3, -0.25) is 4.79 Å². The van der Waals surface area contributed by atoms with E-state index >= 15 is 0 Å². The van der Waals surface area contributed by atoms with Crippen LogP contribution in [0.25, 0.3) is 0 Å².